The largest absolute Gasteiger partial charge is 0.487 e. The predicted molar refractivity (Wildman–Crippen MR) is 106 cm³/mol. The Labute approximate surface area is 168 Å². The number of fused-ring (bicyclic) bond motifs is 1. The lowest BCUT2D eigenvalue weighted by molar-refractivity contribution is -0.129. The average molecular weight is 396 g/mol. The molecule has 4 rings (SSSR count). The number of ether oxygens (including phenoxy) is 1. The van der Waals surface area contributed by atoms with Gasteiger partial charge in [0.1, 0.15) is 17.0 Å². The molecule has 29 heavy (non-hydrogen) atoms. The zero-order chi connectivity index (χ0) is 20.6. The van der Waals surface area contributed by atoms with Gasteiger partial charge >= 0.3 is 0 Å². The van der Waals surface area contributed by atoms with Gasteiger partial charge in [-0.15, -0.1) is 0 Å². The lowest BCUT2D eigenvalue weighted by Gasteiger charge is -2.42. The smallest absolute Gasteiger partial charge is 0.272 e. The molecule has 0 unspecified atom stereocenters. The number of nitrogens with zero attached hydrogens (tertiary/aromatic N) is 3. The second-order valence-electron chi connectivity index (χ2n) is 7.80. The van der Waals surface area contributed by atoms with Crippen LogP contribution in [0.4, 0.5) is 0 Å². The third-order valence-corrected chi connectivity index (χ3v) is 5.82. The molecule has 8 nitrogen and oxygen atoms in total. The minimum Gasteiger partial charge on any atom is -0.487 e. The number of carbonyl (C=O) groups is 2. The Hall–Kier alpha value is -3.16. The van der Waals surface area contributed by atoms with E-state index in [1.807, 2.05) is 31.3 Å². The Morgan fingerprint density at radius 3 is 2.76 bits per heavy atom. The number of para-hydroxylation sites is 1. The van der Waals surface area contributed by atoms with Crippen LogP contribution >= 0.6 is 0 Å². The van der Waals surface area contributed by atoms with E-state index in [2.05, 4.69) is 10.4 Å². The molecule has 2 aliphatic rings. The topological polar surface area (TPSA) is 93.5 Å². The zero-order valence-electron chi connectivity index (χ0n) is 16.6. The Kier molecular flexibility index (Phi) is 4.86. The second kappa shape index (κ2) is 7.35. The summed E-state index contributed by atoms with van der Waals surface area (Å²) in [5.41, 5.74) is 0.300. The van der Waals surface area contributed by atoms with E-state index in [1.165, 1.54) is 19.2 Å². The van der Waals surface area contributed by atoms with Crippen molar-refractivity contribution in [2.45, 2.75) is 37.3 Å². The standard InChI is InChI=1S/C21H24N4O4/c1-24-12-11-21(10-9-18(24)26)13-16(14-5-3-4-6-17(14)29-21)22-20(28)15-7-8-19(27)25(2)23-15/h3-8,16H,9-13H2,1-2H3,(H,22,28)/t16-,21+/m1/s1. The fraction of sp³-hybridized carbons (Fsp3) is 0.429. The summed E-state index contributed by atoms with van der Waals surface area (Å²) >= 11 is 0. The molecule has 0 radical (unpaired) electrons. The molecule has 1 fully saturated rings. The van der Waals surface area contributed by atoms with E-state index in [0.29, 0.717) is 32.2 Å². The van der Waals surface area contributed by atoms with Crippen molar-refractivity contribution in [3.05, 3.63) is 58.0 Å². The second-order valence-corrected chi connectivity index (χ2v) is 7.80. The summed E-state index contributed by atoms with van der Waals surface area (Å²) in [7, 11) is 3.32. The first-order valence-electron chi connectivity index (χ1n) is 9.74. The molecule has 3 heterocycles. The van der Waals surface area contributed by atoms with E-state index in [4.69, 9.17) is 4.74 Å². The molecule has 0 aliphatic carbocycles. The van der Waals surface area contributed by atoms with Gasteiger partial charge in [0, 0.05) is 51.5 Å². The van der Waals surface area contributed by atoms with Crippen LogP contribution < -0.4 is 15.6 Å². The molecule has 1 N–H and O–H groups in total. The van der Waals surface area contributed by atoms with Gasteiger partial charge in [-0.2, -0.15) is 5.10 Å². The molecule has 1 saturated heterocycles. The van der Waals surface area contributed by atoms with Crippen LogP contribution in [0.2, 0.25) is 0 Å². The molecule has 2 atom stereocenters. The average Bonchev–Trinajstić information content (AvgIpc) is 2.84. The maximum atomic E-state index is 12.8. The lowest BCUT2D eigenvalue weighted by Crippen LogP contribution is -2.46. The number of hydrogen-bond acceptors (Lipinski definition) is 5. The molecular formula is C21H24N4O4. The van der Waals surface area contributed by atoms with E-state index < -0.39 is 5.60 Å². The number of aromatic nitrogens is 2. The van der Waals surface area contributed by atoms with Crippen LogP contribution in [0.25, 0.3) is 0 Å². The first kappa shape index (κ1) is 19.2. The van der Waals surface area contributed by atoms with E-state index in [1.54, 1.807) is 4.90 Å². The van der Waals surface area contributed by atoms with Crippen molar-refractivity contribution in [1.29, 1.82) is 0 Å². The van der Waals surface area contributed by atoms with Crippen molar-refractivity contribution in [3.8, 4) is 5.75 Å². The van der Waals surface area contributed by atoms with Gasteiger partial charge in [0.15, 0.2) is 0 Å². The minimum absolute atomic E-state index is 0.110. The Morgan fingerprint density at radius 1 is 1.17 bits per heavy atom. The van der Waals surface area contributed by atoms with E-state index in [0.717, 1.165) is 16.0 Å². The van der Waals surface area contributed by atoms with Crippen molar-refractivity contribution in [1.82, 2.24) is 20.0 Å². The number of nitrogens with one attached hydrogen (secondary N) is 1. The molecule has 0 saturated carbocycles. The van der Waals surface area contributed by atoms with E-state index in [9.17, 15) is 14.4 Å². The number of carbonyl (C=O) groups excluding carboxylic acids is 2. The molecule has 1 aromatic heterocycles. The molecular weight excluding hydrogens is 372 g/mol. The molecule has 8 heteroatoms. The normalized spacial score (nSPS) is 23.9. The molecule has 2 amide bonds. The van der Waals surface area contributed by atoms with Crippen molar-refractivity contribution in [3.63, 3.8) is 0 Å². The van der Waals surface area contributed by atoms with Gasteiger partial charge in [0.05, 0.1) is 6.04 Å². The SMILES string of the molecule is CN1CC[C@@]2(CCC1=O)C[C@@H](NC(=O)c1ccc(=O)n(C)n1)c1ccccc1O2. The monoisotopic (exact) mass is 396 g/mol. The van der Waals surface area contributed by atoms with Crippen molar-refractivity contribution in [2.75, 3.05) is 13.6 Å². The Balaban J connectivity index is 1.63. The molecule has 2 aliphatic heterocycles. The molecule has 0 bridgehead atoms. The highest BCUT2D eigenvalue weighted by molar-refractivity contribution is 5.92. The van der Waals surface area contributed by atoms with Crippen LogP contribution in [0, 0.1) is 0 Å². The maximum Gasteiger partial charge on any atom is 0.272 e. The number of aryl methyl sites for hydroxylation is 1. The molecule has 2 aromatic rings. The highest BCUT2D eigenvalue weighted by atomic mass is 16.5. The van der Waals surface area contributed by atoms with Crippen LogP contribution in [0.3, 0.4) is 0 Å². The van der Waals surface area contributed by atoms with Gasteiger partial charge in [-0.1, -0.05) is 18.2 Å². The highest BCUT2D eigenvalue weighted by Crippen LogP contribution is 2.44. The summed E-state index contributed by atoms with van der Waals surface area (Å²) in [4.78, 5) is 38.3. The third-order valence-electron chi connectivity index (χ3n) is 5.82. The first-order chi connectivity index (χ1) is 13.9. The number of hydrogen-bond donors (Lipinski definition) is 1. The molecule has 1 spiro atoms. The fourth-order valence-electron chi connectivity index (χ4n) is 4.06. The Morgan fingerprint density at radius 2 is 1.97 bits per heavy atom. The Bertz CT molecular complexity index is 1020. The summed E-state index contributed by atoms with van der Waals surface area (Å²) in [6.07, 6.45) is 2.30. The van der Waals surface area contributed by atoms with Gasteiger partial charge in [-0.3, -0.25) is 14.4 Å². The van der Waals surface area contributed by atoms with Gasteiger partial charge in [0.25, 0.3) is 11.5 Å². The number of benzene rings is 1. The molecule has 1 aromatic carbocycles. The maximum absolute atomic E-state index is 12.8. The summed E-state index contributed by atoms with van der Waals surface area (Å²) in [6, 6.07) is 10.1. The summed E-state index contributed by atoms with van der Waals surface area (Å²) in [6.45, 7) is 0.615. The van der Waals surface area contributed by atoms with Crippen LogP contribution in [0.15, 0.2) is 41.2 Å². The van der Waals surface area contributed by atoms with E-state index >= 15 is 0 Å². The first-order valence-corrected chi connectivity index (χ1v) is 9.74. The van der Waals surface area contributed by atoms with Gasteiger partial charge in [-0.25, -0.2) is 4.68 Å². The van der Waals surface area contributed by atoms with Gasteiger partial charge < -0.3 is 15.0 Å². The van der Waals surface area contributed by atoms with E-state index in [-0.39, 0.29) is 29.1 Å². The van der Waals surface area contributed by atoms with Crippen LogP contribution in [0.1, 0.15) is 47.8 Å². The summed E-state index contributed by atoms with van der Waals surface area (Å²) < 4.78 is 7.54. The number of likely N-dealkylation sites (tertiary alicyclic amines) is 1. The molecule has 152 valence electrons. The quantitative estimate of drug-likeness (QED) is 0.829. The predicted octanol–water partition coefficient (Wildman–Crippen LogP) is 1.42. The minimum atomic E-state index is -0.510. The highest BCUT2D eigenvalue weighted by Gasteiger charge is 2.43. The lowest BCUT2D eigenvalue weighted by atomic mass is 9.82. The van der Waals surface area contributed by atoms with Crippen LogP contribution in [-0.4, -0.2) is 45.7 Å². The van der Waals surface area contributed by atoms with Crippen LogP contribution in [0.5, 0.6) is 5.75 Å². The van der Waals surface area contributed by atoms with Crippen LogP contribution in [-0.2, 0) is 11.8 Å². The third kappa shape index (κ3) is 3.74. The number of amides is 2. The van der Waals surface area contributed by atoms with Crippen molar-refractivity contribution >= 4 is 11.8 Å². The fourth-order valence-corrected chi connectivity index (χ4v) is 4.06. The summed E-state index contributed by atoms with van der Waals surface area (Å²) in [5.74, 6) is 0.494. The number of rotatable bonds is 2. The van der Waals surface area contributed by atoms with Gasteiger partial charge in [-0.05, 0) is 18.6 Å². The van der Waals surface area contributed by atoms with Crippen molar-refractivity contribution in [2.24, 2.45) is 7.05 Å². The zero-order valence-corrected chi connectivity index (χ0v) is 16.6. The summed E-state index contributed by atoms with van der Waals surface area (Å²) in [5, 5.41) is 7.10. The van der Waals surface area contributed by atoms with Crippen molar-refractivity contribution < 1.29 is 14.3 Å². The van der Waals surface area contributed by atoms with Gasteiger partial charge in [0.2, 0.25) is 5.91 Å².